The molecule has 4 N–H and O–H groups in total. The largest absolute Gasteiger partial charge is 0.417 e. The van der Waals surface area contributed by atoms with Crippen LogP contribution in [-0.2, 0) is 11.0 Å². The highest BCUT2D eigenvalue weighted by atomic mass is 19.4. The van der Waals surface area contributed by atoms with Gasteiger partial charge in [-0.2, -0.15) is 13.2 Å². The number of nitrogens with zero attached hydrogens (tertiary/aromatic N) is 1. The highest BCUT2D eigenvalue weighted by Crippen LogP contribution is 2.29. The first-order valence-corrected chi connectivity index (χ1v) is 6.33. The Kier molecular flexibility index (Phi) is 4.11. The third-order valence-corrected chi connectivity index (χ3v) is 3.35. The number of likely N-dealkylation sites (tertiary alicyclic amines) is 1. The predicted molar refractivity (Wildman–Crippen MR) is 70.0 cm³/mol. The van der Waals surface area contributed by atoms with Crippen molar-refractivity contribution < 1.29 is 22.8 Å². The Morgan fingerprint density at radius 1 is 1.41 bits per heavy atom. The van der Waals surface area contributed by atoms with Gasteiger partial charge in [0.1, 0.15) is 5.69 Å². The lowest BCUT2D eigenvalue weighted by Gasteiger charge is -2.17. The Bertz CT molecular complexity index is 656. The molecule has 0 radical (unpaired) electrons. The minimum Gasteiger partial charge on any atom is -0.369 e. The quantitative estimate of drug-likeness (QED) is 0.748. The molecular weight excluding hydrogens is 305 g/mol. The molecule has 1 saturated heterocycles. The summed E-state index contributed by atoms with van der Waals surface area (Å²) in [7, 11) is 0. The van der Waals surface area contributed by atoms with Crippen molar-refractivity contribution in [3.8, 4) is 0 Å². The second-order valence-electron chi connectivity index (χ2n) is 4.89. The number of H-pyrrole nitrogens is 1. The molecular formula is C12H13F3N4O3. The lowest BCUT2D eigenvalue weighted by Crippen LogP contribution is -2.36. The van der Waals surface area contributed by atoms with Crippen molar-refractivity contribution in [3.63, 3.8) is 0 Å². The third-order valence-electron chi connectivity index (χ3n) is 3.35. The van der Waals surface area contributed by atoms with E-state index >= 15 is 0 Å². The predicted octanol–water partition coefficient (Wildman–Crippen LogP) is 0.733. The maximum Gasteiger partial charge on any atom is 0.417 e. The molecule has 1 aromatic heterocycles. The molecule has 2 heterocycles. The lowest BCUT2D eigenvalue weighted by molar-refractivity contribution is -0.137. The summed E-state index contributed by atoms with van der Waals surface area (Å²) >= 11 is 0. The molecule has 10 heteroatoms. The molecule has 1 aliphatic rings. The van der Waals surface area contributed by atoms with E-state index in [-0.39, 0.29) is 13.1 Å². The van der Waals surface area contributed by atoms with Gasteiger partial charge in [0.2, 0.25) is 5.91 Å². The Labute approximate surface area is 122 Å². The molecule has 22 heavy (non-hydrogen) atoms. The van der Waals surface area contributed by atoms with Gasteiger partial charge >= 0.3 is 12.2 Å². The molecule has 0 unspecified atom stereocenters. The number of hydrogen-bond donors (Lipinski definition) is 3. The molecule has 1 fully saturated rings. The van der Waals surface area contributed by atoms with Gasteiger partial charge in [0.15, 0.2) is 0 Å². The smallest absolute Gasteiger partial charge is 0.369 e. The molecule has 0 saturated carbocycles. The van der Waals surface area contributed by atoms with Crippen LogP contribution < -0.4 is 16.6 Å². The van der Waals surface area contributed by atoms with E-state index < -0.39 is 40.8 Å². The summed E-state index contributed by atoms with van der Waals surface area (Å²) in [4.78, 5) is 37.6. The Morgan fingerprint density at radius 3 is 2.64 bits per heavy atom. The van der Waals surface area contributed by atoms with E-state index in [0.717, 1.165) is 0 Å². The number of carbonyl (C=O) groups excluding carboxylic acids is 2. The van der Waals surface area contributed by atoms with Gasteiger partial charge in [0.05, 0.1) is 11.5 Å². The Morgan fingerprint density at radius 2 is 2.09 bits per heavy atom. The number of nitrogens with two attached hydrogens (primary N) is 1. The molecule has 0 aromatic carbocycles. The average molecular weight is 318 g/mol. The number of urea groups is 1. The first-order valence-electron chi connectivity index (χ1n) is 6.33. The standard InChI is InChI=1S/C12H13F3N4O3/c13-12(14,15)7-3-8(10(21)17-4-7)18-11(22)19-2-1-6(5-19)9(16)20/h3-4,6H,1-2,5H2,(H2,16,20)(H,17,21)(H,18,22)/t6-/m0/s1. The van der Waals surface area contributed by atoms with Crippen LogP contribution in [0.4, 0.5) is 23.7 Å². The summed E-state index contributed by atoms with van der Waals surface area (Å²) in [5.74, 6) is -1.04. The normalized spacial score (nSPS) is 18.3. The Hall–Kier alpha value is -2.52. The number of carbonyl (C=O) groups is 2. The van der Waals surface area contributed by atoms with Crippen molar-refractivity contribution in [1.29, 1.82) is 0 Å². The monoisotopic (exact) mass is 318 g/mol. The number of anilines is 1. The summed E-state index contributed by atoms with van der Waals surface area (Å²) in [5, 5.41) is 2.12. The van der Waals surface area contributed by atoms with Crippen molar-refractivity contribution in [2.75, 3.05) is 18.4 Å². The van der Waals surface area contributed by atoms with Crippen molar-refractivity contribution in [2.45, 2.75) is 12.6 Å². The van der Waals surface area contributed by atoms with Gasteiger partial charge < -0.3 is 20.9 Å². The van der Waals surface area contributed by atoms with Gasteiger partial charge in [-0.1, -0.05) is 0 Å². The fourth-order valence-corrected chi connectivity index (χ4v) is 2.11. The number of halogens is 3. The summed E-state index contributed by atoms with van der Waals surface area (Å²) < 4.78 is 37.7. The first-order chi connectivity index (χ1) is 10.2. The number of aromatic amines is 1. The molecule has 3 amide bonds. The van der Waals surface area contributed by atoms with Gasteiger partial charge in [0.25, 0.3) is 5.56 Å². The maximum absolute atomic E-state index is 12.6. The molecule has 0 bridgehead atoms. The zero-order chi connectivity index (χ0) is 16.5. The average Bonchev–Trinajstić information content (AvgIpc) is 2.89. The fraction of sp³-hybridized carbons (Fsp3) is 0.417. The summed E-state index contributed by atoms with van der Waals surface area (Å²) in [6.45, 7) is 0.300. The van der Waals surface area contributed by atoms with Crippen LogP contribution in [0.1, 0.15) is 12.0 Å². The minimum absolute atomic E-state index is 0.0675. The molecule has 0 aliphatic carbocycles. The van der Waals surface area contributed by atoms with E-state index in [9.17, 15) is 27.6 Å². The van der Waals surface area contributed by atoms with Crippen LogP contribution in [0.15, 0.2) is 17.1 Å². The molecule has 1 atom stereocenters. The summed E-state index contributed by atoms with van der Waals surface area (Å²) in [6, 6.07) is -0.202. The zero-order valence-electron chi connectivity index (χ0n) is 11.2. The Balaban J connectivity index is 2.12. The van der Waals surface area contributed by atoms with Crippen molar-refractivity contribution in [3.05, 3.63) is 28.2 Å². The molecule has 2 rings (SSSR count). The number of pyridine rings is 1. The van der Waals surface area contributed by atoms with E-state index in [4.69, 9.17) is 5.73 Å². The van der Waals surface area contributed by atoms with E-state index in [0.29, 0.717) is 18.7 Å². The van der Waals surface area contributed by atoms with Crippen LogP contribution in [0.2, 0.25) is 0 Å². The van der Waals surface area contributed by atoms with E-state index in [1.54, 1.807) is 0 Å². The van der Waals surface area contributed by atoms with Crippen molar-refractivity contribution in [2.24, 2.45) is 11.7 Å². The van der Waals surface area contributed by atoms with Gasteiger partial charge in [-0.25, -0.2) is 4.79 Å². The van der Waals surface area contributed by atoms with E-state index in [2.05, 4.69) is 5.32 Å². The molecule has 7 nitrogen and oxygen atoms in total. The fourth-order valence-electron chi connectivity index (χ4n) is 2.11. The van der Waals surface area contributed by atoms with E-state index in [1.807, 2.05) is 4.98 Å². The van der Waals surface area contributed by atoms with E-state index in [1.165, 1.54) is 4.90 Å². The molecule has 0 spiro atoms. The number of hydrogen-bond acceptors (Lipinski definition) is 3. The topological polar surface area (TPSA) is 108 Å². The summed E-state index contributed by atoms with van der Waals surface area (Å²) in [6.07, 6.45) is -3.74. The number of aromatic nitrogens is 1. The van der Waals surface area contributed by atoms with Gasteiger partial charge in [-0.3, -0.25) is 9.59 Å². The molecule has 1 aromatic rings. The zero-order valence-corrected chi connectivity index (χ0v) is 11.2. The minimum atomic E-state index is -4.64. The van der Waals surface area contributed by atoms with Crippen molar-refractivity contribution >= 4 is 17.6 Å². The number of amides is 3. The molecule has 1 aliphatic heterocycles. The van der Waals surface area contributed by atoms with Crippen molar-refractivity contribution in [1.82, 2.24) is 9.88 Å². The lowest BCUT2D eigenvalue weighted by atomic mass is 10.1. The second kappa shape index (κ2) is 5.70. The maximum atomic E-state index is 12.6. The second-order valence-corrected chi connectivity index (χ2v) is 4.89. The highest BCUT2D eigenvalue weighted by Gasteiger charge is 2.33. The van der Waals surface area contributed by atoms with Gasteiger partial charge in [-0.05, 0) is 12.5 Å². The van der Waals surface area contributed by atoms with Crippen LogP contribution in [0.25, 0.3) is 0 Å². The third kappa shape index (κ3) is 3.38. The van der Waals surface area contributed by atoms with Gasteiger partial charge in [0, 0.05) is 19.3 Å². The van der Waals surface area contributed by atoms with Crippen LogP contribution in [0.3, 0.4) is 0 Å². The van der Waals surface area contributed by atoms with Crippen LogP contribution in [0, 0.1) is 5.92 Å². The van der Waals surface area contributed by atoms with Gasteiger partial charge in [-0.15, -0.1) is 0 Å². The SMILES string of the molecule is NC(=O)[C@H]1CCN(C(=O)Nc2cc(C(F)(F)F)c[nH]c2=O)C1. The van der Waals surface area contributed by atoms with Crippen LogP contribution in [0.5, 0.6) is 0 Å². The first kappa shape index (κ1) is 15.9. The van der Waals surface area contributed by atoms with Crippen LogP contribution in [-0.4, -0.2) is 34.9 Å². The highest BCUT2D eigenvalue weighted by molar-refractivity contribution is 5.90. The number of rotatable bonds is 2. The number of primary amides is 1. The van der Waals surface area contributed by atoms with Crippen LogP contribution >= 0.6 is 0 Å². The molecule has 120 valence electrons. The number of nitrogens with one attached hydrogen (secondary N) is 2. The number of alkyl halides is 3. The summed E-state index contributed by atoms with van der Waals surface area (Å²) in [5.41, 5.74) is 2.68.